The molecule has 0 saturated carbocycles. The molecule has 3 heterocycles. The van der Waals surface area contributed by atoms with Gasteiger partial charge >= 0.3 is 0 Å². The minimum atomic E-state index is 0.431. The van der Waals surface area contributed by atoms with Crippen LogP contribution in [0.3, 0.4) is 0 Å². The van der Waals surface area contributed by atoms with E-state index in [0.29, 0.717) is 6.54 Å². The zero-order valence-electron chi connectivity index (χ0n) is 7.47. The zero-order valence-corrected chi connectivity index (χ0v) is 7.47. The maximum absolute atomic E-state index is 5.57. The number of rotatable bonds is 1. The average molecular weight is 187 g/mol. The molecule has 0 radical (unpaired) electrons. The highest BCUT2D eigenvalue weighted by molar-refractivity contribution is 5.90. The summed E-state index contributed by atoms with van der Waals surface area (Å²) in [4.78, 5) is 4.22. The fraction of sp³-hybridized carbons (Fsp3) is 0.100. The van der Waals surface area contributed by atoms with Crippen LogP contribution in [0.15, 0.2) is 35.2 Å². The van der Waals surface area contributed by atoms with Gasteiger partial charge in [-0.1, -0.05) is 0 Å². The average Bonchev–Trinajstić information content (AvgIpc) is 2.82. The second-order valence-corrected chi connectivity index (χ2v) is 3.15. The molecular weight excluding hydrogens is 178 g/mol. The molecular formula is C10H9N3O. The molecule has 14 heavy (non-hydrogen) atoms. The Morgan fingerprint density at radius 3 is 3.21 bits per heavy atom. The van der Waals surface area contributed by atoms with Crippen LogP contribution in [0.4, 0.5) is 0 Å². The number of nitrogens with two attached hydrogens (primary N) is 1. The highest BCUT2D eigenvalue weighted by Gasteiger charge is 2.06. The van der Waals surface area contributed by atoms with E-state index in [4.69, 9.17) is 10.2 Å². The van der Waals surface area contributed by atoms with Gasteiger partial charge in [-0.25, -0.2) is 4.98 Å². The molecule has 0 aliphatic heterocycles. The molecule has 4 heteroatoms. The second kappa shape index (κ2) is 2.59. The van der Waals surface area contributed by atoms with Crippen LogP contribution in [0.2, 0.25) is 0 Å². The van der Waals surface area contributed by atoms with Crippen molar-refractivity contribution >= 4 is 16.5 Å². The summed E-state index contributed by atoms with van der Waals surface area (Å²) < 4.78 is 7.34. The van der Waals surface area contributed by atoms with Crippen molar-refractivity contribution in [1.82, 2.24) is 9.38 Å². The van der Waals surface area contributed by atoms with Crippen molar-refractivity contribution in [3.63, 3.8) is 0 Å². The molecule has 0 amide bonds. The molecule has 0 bridgehead atoms. The number of hydrogen-bond acceptors (Lipinski definition) is 3. The number of imidazole rings is 1. The number of furan rings is 1. The number of hydrogen-bond donors (Lipinski definition) is 1. The topological polar surface area (TPSA) is 56.5 Å². The monoisotopic (exact) mass is 187 g/mol. The predicted molar refractivity (Wildman–Crippen MR) is 52.9 cm³/mol. The summed E-state index contributed by atoms with van der Waals surface area (Å²) in [6.07, 6.45) is 5.43. The first-order valence-electron chi connectivity index (χ1n) is 4.42. The van der Waals surface area contributed by atoms with E-state index in [1.807, 2.05) is 22.7 Å². The summed E-state index contributed by atoms with van der Waals surface area (Å²) in [5.41, 5.74) is 7.39. The molecule has 0 spiro atoms. The first kappa shape index (κ1) is 7.58. The smallest absolute Gasteiger partial charge is 0.159 e. The van der Waals surface area contributed by atoms with Gasteiger partial charge in [-0.15, -0.1) is 0 Å². The molecule has 0 aliphatic rings. The highest BCUT2D eigenvalue weighted by Crippen LogP contribution is 2.21. The van der Waals surface area contributed by atoms with Crippen LogP contribution in [-0.4, -0.2) is 9.38 Å². The summed E-state index contributed by atoms with van der Waals surface area (Å²) in [6.45, 7) is 0.431. The van der Waals surface area contributed by atoms with Crippen molar-refractivity contribution in [3.05, 3.63) is 36.6 Å². The Bertz CT molecular complexity index is 593. The van der Waals surface area contributed by atoms with Gasteiger partial charge in [0.2, 0.25) is 0 Å². The lowest BCUT2D eigenvalue weighted by atomic mass is 10.3. The Labute approximate surface area is 80.0 Å². The zero-order chi connectivity index (χ0) is 9.54. The van der Waals surface area contributed by atoms with Crippen molar-refractivity contribution in [2.75, 3.05) is 0 Å². The molecule has 3 aromatic rings. The molecule has 4 nitrogen and oxygen atoms in total. The van der Waals surface area contributed by atoms with Crippen LogP contribution >= 0.6 is 0 Å². The van der Waals surface area contributed by atoms with Gasteiger partial charge in [0.1, 0.15) is 11.3 Å². The molecule has 0 aromatic carbocycles. The van der Waals surface area contributed by atoms with Crippen LogP contribution in [0.5, 0.6) is 0 Å². The van der Waals surface area contributed by atoms with Gasteiger partial charge in [-0.05, 0) is 12.1 Å². The van der Waals surface area contributed by atoms with Gasteiger partial charge in [-0.2, -0.15) is 0 Å². The maximum Gasteiger partial charge on any atom is 0.159 e. The van der Waals surface area contributed by atoms with Gasteiger partial charge in [0.25, 0.3) is 0 Å². The van der Waals surface area contributed by atoms with Crippen LogP contribution in [0.25, 0.3) is 16.5 Å². The SMILES string of the molecule is NCc1ncc2c3occc3ccn12. The summed E-state index contributed by atoms with van der Waals surface area (Å²) >= 11 is 0. The summed E-state index contributed by atoms with van der Waals surface area (Å²) in [7, 11) is 0. The molecule has 3 aromatic heterocycles. The minimum Gasteiger partial charge on any atom is -0.462 e. The Morgan fingerprint density at radius 2 is 2.36 bits per heavy atom. The summed E-state index contributed by atoms with van der Waals surface area (Å²) in [5.74, 6) is 0.846. The van der Waals surface area contributed by atoms with E-state index >= 15 is 0 Å². The second-order valence-electron chi connectivity index (χ2n) is 3.15. The predicted octanol–water partition coefficient (Wildman–Crippen LogP) is 1.54. The number of aromatic nitrogens is 2. The van der Waals surface area contributed by atoms with E-state index in [1.165, 1.54) is 0 Å². The maximum atomic E-state index is 5.57. The number of pyridine rings is 1. The highest BCUT2D eigenvalue weighted by atomic mass is 16.3. The lowest BCUT2D eigenvalue weighted by Gasteiger charge is -1.97. The first-order chi connectivity index (χ1) is 6.90. The van der Waals surface area contributed by atoms with Crippen LogP contribution < -0.4 is 5.73 Å². The van der Waals surface area contributed by atoms with Gasteiger partial charge in [0.15, 0.2) is 5.58 Å². The third-order valence-corrected chi connectivity index (χ3v) is 2.39. The van der Waals surface area contributed by atoms with Crippen molar-refractivity contribution < 1.29 is 4.42 Å². The van der Waals surface area contributed by atoms with E-state index in [0.717, 1.165) is 22.3 Å². The largest absolute Gasteiger partial charge is 0.462 e. The van der Waals surface area contributed by atoms with Gasteiger partial charge in [-0.3, -0.25) is 4.40 Å². The number of nitrogens with zero attached hydrogens (tertiary/aromatic N) is 2. The normalized spacial score (nSPS) is 11.5. The van der Waals surface area contributed by atoms with E-state index in [9.17, 15) is 0 Å². The molecule has 0 atom stereocenters. The molecule has 70 valence electrons. The standard InChI is InChI=1S/C10H9N3O/c11-5-9-12-6-8-10-7(2-4-14-10)1-3-13(8)9/h1-4,6H,5,11H2. The molecule has 0 saturated heterocycles. The van der Waals surface area contributed by atoms with Gasteiger partial charge in [0, 0.05) is 11.6 Å². The Kier molecular flexibility index (Phi) is 1.40. The summed E-state index contributed by atoms with van der Waals surface area (Å²) in [5, 5.41) is 1.08. The quantitative estimate of drug-likeness (QED) is 0.628. The van der Waals surface area contributed by atoms with Crippen LogP contribution in [0, 0.1) is 0 Å². The van der Waals surface area contributed by atoms with Crippen molar-refractivity contribution in [1.29, 1.82) is 0 Å². The van der Waals surface area contributed by atoms with Crippen molar-refractivity contribution in [2.24, 2.45) is 5.73 Å². The fourth-order valence-electron chi connectivity index (χ4n) is 1.70. The molecule has 0 fully saturated rings. The van der Waals surface area contributed by atoms with E-state index in [2.05, 4.69) is 4.98 Å². The lowest BCUT2D eigenvalue weighted by Crippen LogP contribution is -2.01. The van der Waals surface area contributed by atoms with Crippen LogP contribution in [0.1, 0.15) is 5.82 Å². The minimum absolute atomic E-state index is 0.431. The lowest BCUT2D eigenvalue weighted by molar-refractivity contribution is 0.617. The molecule has 0 unspecified atom stereocenters. The van der Waals surface area contributed by atoms with E-state index in [1.54, 1.807) is 12.5 Å². The van der Waals surface area contributed by atoms with Crippen molar-refractivity contribution in [2.45, 2.75) is 6.54 Å². The molecule has 3 rings (SSSR count). The number of fused-ring (bicyclic) bond motifs is 3. The Hall–Kier alpha value is -1.81. The molecule has 2 N–H and O–H groups in total. The van der Waals surface area contributed by atoms with E-state index in [-0.39, 0.29) is 0 Å². The third kappa shape index (κ3) is 0.831. The van der Waals surface area contributed by atoms with E-state index < -0.39 is 0 Å². The third-order valence-electron chi connectivity index (χ3n) is 2.39. The Balaban J connectivity index is 2.52. The first-order valence-corrected chi connectivity index (χ1v) is 4.42. The van der Waals surface area contributed by atoms with Crippen molar-refractivity contribution in [3.8, 4) is 0 Å². The van der Waals surface area contributed by atoms with Gasteiger partial charge in [0.05, 0.1) is 19.0 Å². The molecule has 0 aliphatic carbocycles. The van der Waals surface area contributed by atoms with Gasteiger partial charge < -0.3 is 10.2 Å². The van der Waals surface area contributed by atoms with Crippen LogP contribution in [-0.2, 0) is 6.54 Å². The summed E-state index contributed by atoms with van der Waals surface area (Å²) in [6, 6.07) is 3.93. The Morgan fingerprint density at radius 1 is 1.43 bits per heavy atom. The fourth-order valence-corrected chi connectivity index (χ4v) is 1.70.